The van der Waals surface area contributed by atoms with Crippen molar-refractivity contribution >= 4 is 45.6 Å². The molecule has 4 aromatic heterocycles. The third-order valence-electron chi connectivity index (χ3n) is 11.3. The molecule has 1 unspecified atom stereocenters. The van der Waals surface area contributed by atoms with Crippen LogP contribution in [0.4, 0.5) is 21.9 Å². The number of anilines is 3. The van der Waals surface area contributed by atoms with E-state index in [-0.39, 0.29) is 30.4 Å². The maximum atomic E-state index is 13.0. The number of carbonyl (C=O) groups is 2. The molecular formula is C38H39N9O3. The molecule has 12 nitrogen and oxygen atoms in total. The molecule has 3 aliphatic heterocycles. The summed E-state index contributed by atoms with van der Waals surface area (Å²) in [7, 11) is 1.53. The number of imidazole rings is 1. The Labute approximate surface area is 289 Å². The van der Waals surface area contributed by atoms with Gasteiger partial charge in [0.25, 0.3) is 0 Å². The zero-order chi connectivity index (χ0) is 33.9. The zero-order valence-electron chi connectivity index (χ0n) is 28.5. The molecule has 3 amide bonds. The number of fused-ring (bicyclic) bond motifs is 2. The first-order valence-electron chi connectivity index (χ1n) is 17.7. The van der Waals surface area contributed by atoms with Gasteiger partial charge in [-0.2, -0.15) is 0 Å². The summed E-state index contributed by atoms with van der Waals surface area (Å²) in [5.41, 5.74) is 8.91. The van der Waals surface area contributed by atoms with Crippen LogP contribution in [0, 0.1) is 12.3 Å². The van der Waals surface area contributed by atoms with Crippen molar-refractivity contribution in [3.63, 3.8) is 0 Å². The van der Waals surface area contributed by atoms with Crippen LogP contribution in [0.1, 0.15) is 78.5 Å². The first kappa shape index (κ1) is 29.8. The van der Waals surface area contributed by atoms with Gasteiger partial charge in [0, 0.05) is 78.7 Å². The van der Waals surface area contributed by atoms with Crippen LogP contribution in [0.2, 0.25) is 0 Å². The summed E-state index contributed by atoms with van der Waals surface area (Å²) < 4.78 is 7.59. The van der Waals surface area contributed by atoms with Crippen molar-refractivity contribution in [2.45, 2.75) is 56.9 Å². The topological polar surface area (TPSA) is 121 Å². The lowest BCUT2D eigenvalue weighted by molar-refractivity contribution is -0.126. The minimum atomic E-state index is -0.318. The number of ether oxygens (including phenoxy) is 1. The van der Waals surface area contributed by atoms with Crippen LogP contribution in [-0.4, -0.2) is 81.1 Å². The highest BCUT2D eigenvalue weighted by molar-refractivity contribution is 6.13. The van der Waals surface area contributed by atoms with E-state index in [0.29, 0.717) is 28.6 Å². The Bertz CT molecular complexity index is 2230. The van der Waals surface area contributed by atoms with Crippen LogP contribution in [0.15, 0.2) is 55.0 Å². The van der Waals surface area contributed by atoms with E-state index in [9.17, 15) is 9.59 Å². The van der Waals surface area contributed by atoms with E-state index in [1.807, 2.05) is 35.9 Å². The number of carbonyl (C=O) groups excluding carboxylic acids is 2. The minimum absolute atomic E-state index is 0.0228. The molecule has 1 spiro atoms. The van der Waals surface area contributed by atoms with Gasteiger partial charge in [0.2, 0.25) is 5.91 Å². The number of aromatic nitrogens is 5. The van der Waals surface area contributed by atoms with Crippen molar-refractivity contribution in [2.24, 2.45) is 5.41 Å². The molecule has 5 aliphatic rings. The van der Waals surface area contributed by atoms with Crippen LogP contribution in [0.5, 0.6) is 0 Å². The average Bonchev–Trinajstić information content (AvgIpc) is 4.00. The highest BCUT2D eigenvalue weighted by Crippen LogP contribution is 2.54. The van der Waals surface area contributed by atoms with Gasteiger partial charge in [-0.3, -0.25) is 19.6 Å². The van der Waals surface area contributed by atoms with Gasteiger partial charge in [0.1, 0.15) is 12.4 Å². The maximum Gasteiger partial charge on any atom is 0.331 e. The molecule has 2 aliphatic carbocycles. The summed E-state index contributed by atoms with van der Waals surface area (Å²) in [6.07, 6.45) is 9.27. The predicted molar refractivity (Wildman–Crippen MR) is 189 cm³/mol. The van der Waals surface area contributed by atoms with Crippen molar-refractivity contribution < 1.29 is 14.3 Å². The van der Waals surface area contributed by atoms with Crippen molar-refractivity contribution in [3.05, 3.63) is 83.5 Å². The number of imide groups is 1. The van der Waals surface area contributed by atoms with Crippen molar-refractivity contribution in [1.82, 2.24) is 29.2 Å². The van der Waals surface area contributed by atoms with Gasteiger partial charge in [-0.05, 0) is 81.0 Å². The molecule has 254 valence electrons. The van der Waals surface area contributed by atoms with Gasteiger partial charge in [0.05, 0.1) is 41.6 Å². The summed E-state index contributed by atoms with van der Waals surface area (Å²) >= 11 is 0. The molecule has 50 heavy (non-hydrogen) atoms. The molecule has 5 fully saturated rings. The van der Waals surface area contributed by atoms with Crippen LogP contribution in [0.3, 0.4) is 0 Å². The maximum absolute atomic E-state index is 13.0. The highest BCUT2D eigenvalue weighted by atomic mass is 16.5. The third-order valence-corrected chi connectivity index (χ3v) is 11.3. The average molecular weight is 670 g/mol. The largest absolute Gasteiger partial charge is 0.380 e. The Morgan fingerprint density at radius 1 is 0.980 bits per heavy atom. The summed E-state index contributed by atoms with van der Waals surface area (Å²) in [5, 5.41) is 4.82. The number of aryl methyl sites for hydroxylation is 1. The number of benzene rings is 1. The molecular weight excluding hydrogens is 630 g/mol. The second-order valence-corrected chi connectivity index (χ2v) is 15.2. The Balaban J connectivity index is 0.969. The number of nitrogens with zero attached hydrogens (tertiary/aromatic N) is 8. The minimum Gasteiger partial charge on any atom is -0.380 e. The SMILES string of the molecule is Cc1ccnc([C@H]2C[C@@H]2c2cc(N3CC4(COC4)C3)c3ccc(NC(C)c4cn5cc(C6CC6)cc(N6CC(=O)N(C)C6=O)c5n4)cc3n2)n1. The number of rotatable bonds is 8. The van der Waals surface area contributed by atoms with Gasteiger partial charge in [-0.1, -0.05) is 0 Å². The summed E-state index contributed by atoms with van der Waals surface area (Å²) in [4.78, 5) is 50.3. The lowest BCUT2D eigenvalue weighted by atomic mass is 9.77. The van der Waals surface area contributed by atoms with E-state index in [1.165, 1.54) is 23.2 Å². The van der Waals surface area contributed by atoms with Crippen molar-refractivity contribution in [2.75, 3.05) is 55.0 Å². The van der Waals surface area contributed by atoms with Gasteiger partial charge < -0.3 is 19.4 Å². The van der Waals surface area contributed by atoms with Crippen LogP contribution < -0.4 is 15.1 Å². The molecule has 1 N–H and O–H groups in total. The van der Waals surface area contributed by atoms with Gasteiger partial charge in [-0.25, -0.2) is 19.7 Å². The Morgan fingerprint density at radius 2 is 1.82 bits per heavy atom. The number of amides is 3. The van der Waals surface area contributed by atoms with E-state index >= 15 is 0 Å². The number of hydrogen-bond acceptors (Lipinski definition) is 9. The van der Waals surface area contributed by atoms with E-state index in [4.69, 9.17) is 19.7 Å². The van der Waals surface area contributed by atoms with Crippen LogP contribution in [0.25, 0.3) is 16.6 Å². The van der Waals surface area contributed by atoms with Gasteiger partial charge >= 0.3 is 6.03 Å². The van der Waals surface area contributed by atoms with E-state index in [2.05, 4.69) is 52.6 Å². The molecule has 10 rings (SSSR count). The molecule has 7 heterocycles. The summed E-state index contributed by atoms with van der Waals surface area (Å²) in [5.74, 6) is 1.75. The smallest absolute Gasteiger partial charge is 0.331 e. The normalized spacial score (nSPS) is 23.1. The van der Waals surface area contributed by atoms with E-state index < -0.39 is 0 Å². The number of urea groups is 1. The molecule has 5 aromatic rings. The fourth-order valence-corrected chi connectivity index (χ4v) is 8.01. The number of likely N-dealkylation sites (N-methyl/N-ethyl adjacent to an activating group) is 1. The molecule has 3 atom stereocenters. The fraction of sp³-hybridized carbons (Fsp3) is 0.421. The van der Waals surface area contributed by atoms with Crippen molar-refractivity contribution in [1.29, 1.82) is 0 Å². The van der Waals surface area contributed by atoms with E-state index in [1.54, 1.807) is 4.90 Å². The standard InChI is InChI=1S/C38H39N9O3/c1-21-8-9-39-35(40-21)28-12-27(28)30-13-32(46-17-38(18-46)19-50-20-38)26-7-6-25(11-29(26)42-30)41-22(2)31-15-45-14-24(23-4-5-23)10-33(36(45)43-31)47-16-34(48)44(3)37(47)49/h6-11,13-15,22-23,27-28,41H,4-5,12,16-20H2,1-3H3/t22?,27-,28-/m0/s1. The predicted octanol–water partition coefficient (Wildman–Crippen LogP) is 5.54. The lowest BCUT2D eigenvalue weighted by Gasteiger charge is -2.56. The first-order valence-corrected chi connectivity index (χ1v) is 17.7. The molecule has 3 saturated heterocycles. The molecule has 0 bridgehead atoms. The lowest BCUT2D eigenvalue weighted by Crippen LogP contribution is -2.66. The molecule has 12 heteroatoms. The molecule has 0 radical (unpaired) electrons. The Hall–Kier alpha value is -5.10. The van der Waals surface area contributed by atoms with Gasteiger partial charge in [-0.15, -0.1) is 0 Å². The highest BCUT2D eigenvalue weighted by Gasteiger charge is 2.50. The second kappa shape index (κ2) is 10.7. The fourth-order valence-electron chi connectivity index (χ4n) is 8.01. The second-order valence-electron chi connectivity index (χ2n) is 15.2. The molecule has 2 saturated carbocycles. The quantitative estimate of drug-likeness (QED) is 0.213. The summed E-state index contributed by atoms with van der Waals surface area (Å²) in [6.45, 7) is 7.83. The zero-order valence-corrected chi connectivity index (χ0v) is 28.5. The first-order chi connectivity index (χ1) is 24.2. The number of pyridine rings is 2. The Kier molecular flexibility index (Phi) is 6.37. The Morgan fingerprint density at radius 3 is 2.54 bits per heavy atom. The van der Waals surface area contributed by atoms with Crippen LogP contribution >= 0.6 is 0 Å². The van der Waals surface area contributed by atoms with Crippen LogP contribution in [-0.2, 0) is 9.53 Å². The van der Waals surface area contributed by atoms with Crippen molar-refractivity contribution in [3.8, 4) is 0 Å². The summed E-state index contributed by atoms with van der Waals surface area (Å²) in [6, 6.07) is 12.3. The monoisotopic (exact) mass is 669 g/mol. The number of nitrogens with one attached hydrogen (secondary N) is 1. The third kappa shape index (κ3) is 4.83. The van der Waals surface area contributed by atoms with E-state index in [0.717, 1.165) is 85.1 Å². The molecule has 1 aromatic carbocycles. The number of hydrogen-bond donors (Lipinski definition) is 1. The van der Waals surface area contributed by atoms with Gasteiger partial charge in [0.15, 0.2) is 5.65 Å².